The van der Waals surface area contributed by atoms with Gasteiger partial charge in [0.2, 0.25) is 17.7 Å². The van der Waals surface area contributed by atoms with Gasteiger partial charge in [-0.3, -0.25) is 14.4 Å². The standard InChI is InChI=1S/C38H65N3O25/c1-12-21(39-13(2)47)28(55)31(20(9-45)59-12)63-35-22(40-14(3)48)16(50)5-38(10-46,66-35)11-58-36-30(57)32(26(53)19(8-44)61-36)64-37-33(29(56)25(52)18(7-43)62-37)65-34-23(41-15(4)49)27(54)24(51)17(6-42)60-34/h12,16-37,42-46,50-57H,5-11H2,1-4H3,(H,39,47)(H,40,48)(H,41,49)/t12-,16?,17?,18?,19?,20?,21?,22?,23?,24+,25+,26+,27?,28?,29?,30?,31+,32?,33?,34-,35+,36+,37+,38?/m0/s1. The minimum atomic E-state index is -2.09. The summed E-state index contributed by atoms with van der Waals surface area (Å²) in [5, 5.41) is 147. The van der Waals surface area contributed by atoms with E-state index in [1.54, 1.807) is 0 Å². The largest absolute Gasteiger partial charge is 0.394 e. The van der Waals surface area contributed by atoms with Gasteiger partial charge in [0.15, 0.2) is 25.2 Å². The molecule has 0 radical (unpaired) electrons. The first-order valence-corrected chi connectivity index (χ1v) is 21.3. The lowest BCUT2D eigenvalue weighted by Crippen LogP contribution is -2.69. The maximum Gasteiger partial charge on any atom is 0.217 e. The smallest absolute Gasteiger partial charge is 0.217 e. The Morgan fingerprint density at radius 2 is 1.00 bits per heavy atom. The Bertz CT molecular complexity index is 1590. The number of carbonyl (C=O) groups is 3. The number of hydrogen-bond donors (Lipinski definition) is 16. The minimum Gasteiger partial charge on any atom is -0.394 e. The van der Waals surface area contributed by atoms with Crippen LogP contribution >= 0.6 is 0 Å². The van der Waals surface area contributed by atoms with Crippen LogP contribution in [0.15, 0.2) is 0 Å². The van der Waals surface area contributed by atoms with Gasteiger partial charge in [0.25, 0.3) is 0 Å². The summed E-state index contributed by atoms with van der Waals surface area (Å²) in [6.07, 6.45) is -34.7. The fraction of sp³-hybridized carbons (Fsp3) is 0.921. The van der Waals surface area contributed by atoms with Gasteiger partial charge in [0.1, 0.15) is 103 Å². The van der Waals surface area contributed by atoms with Crippen LogP contribution < -0.4 is 16.0 Å². The van der Waals surface area contributed by atoms with Crippen molar-refractivity contribution >= 4 is 17.7 Å². The van der Waals surface area contributed by atoms with E-state index in [1.807, 2.05) is 0 Å². The Hall–Kier alpha value is -2.47. The molecule has 66 heavy (non-hydrogen) atoms. The average molecular weight is 964 g/mol. The second-order valence-electron chi connectivity index (χ2n) is 17.1. The van der Waals surface area contributed by atoms with E-state index in [-0.39, 0.29) is 0 Å². The topological polar surface area (TPSA) is 433 Å². The van der Waals surface area contributed by atoms with Crippen LogP contribution in [0.5, 0.6) is 0 Å². The van der Waals surface area contributed by atoms with Crippen molar-refractivity contribution in [3.8, 4) is 0 Å². The summed E-state index contributed by atoms with van der Waals surface area (Å²) in [4.78, 5) is 36.3. The molecule has 15 unspecified atom stereocenters. The normalized spacial score (nSPS) is 46.6. The highest BCUT2D eigenvalue weighted by atomic mass is 16.8. The second kappa shape index (κ2) is 23.4. The summed E-state index contributed by atoms with van der Waals surface area (Å²) in [6, 6.07) is -4.02. The molecule has 382 valence electrons. The van der Waals surface area contributed by atoms with Crippen LogP contribution in [0.3, 0.4) is 0 Å². The summed E-state index contributed by atoms with van der Waals surface area (Å²) in [5.41, 5.74) is -1.99. The Labute approximate surface area is 377 Å². The first-order chi connectivity index (χ1) is 31.1. The van der Waals surface area contributed by atoms with Gasteiger partial charge in [-0.15, -0.1) is 0 Å². The lowest BCUT2D eigenvalue weighted by molar-refractivity contribution is -0.386. The molecule has 5 aliphatic heterocycles. The zero-order chi connectivity index (χ0) is 48.9. The molecule has 0 spiro atoms. The molecule has 28 heteroatoms. The Kier molecular flexibility index (Phi) is 19.3. The van der Waals surface area contributed by atoms with Gasteiger partial charge in [-0.1, -0.05) is 0 Å². The predicted octanol–water partition coefficient (Wildman–Crippen LogP) is -10.0. The van der Waals surface area contributed by atoms with Gasteiger partial charge < -0.3 is 125 Å². The first kappa shape index (κ1) is 54.5. The van der Waals surface area contributed by atoms with Crippen LogP contribution in [-0.4, -0.2) is 270 Å². The zero-order valence-corrected chi connectivity index (χ0v) is 36.4. The van der Waals surface area contributed by atoms with Gasteiger partial charge in [-0.25, -0.2) is 0 Å². The molecule has 3 amide bonds. The summed E-state index contributed by atoms with van der Waals surface area (Å²) < 4.78 is 52.7. The summed E-state index contributed by atoms with van der Waals surface area (Å²) >= 11 is 0. The van der Waals surface area contributed by atoms with Crippen LogP contribution in [0.1, 0.15) is 34.1 Å². The summed E-state index contributed by atoms with van der Waals surface area (Å²) in [6.45, 7) is -0.241. The van der Waals surface area contributed by atoms with Crippen LogP contribution in [0.2, 0.25) is 0 Å². The van der Waals surface area contributed by atoms with Crippen molar-refractivity contribution in [2.24, 2.45) is 0 Å². The van der Waals surface area contributed by atoms with Crippen LogP contribution in [0.4, 0.5) is 0 Å². The highest BCUT2D eigenvalue weighted by Gasteiger charge is 2.56. The van der Waals surface area contributed by atoms with E-state index >= 15 is 0 Å². The van der Waals surface area contributed by atoms with Crippen molar-refractivity contribution in [3.05, 3.63) is 0 Å². The summed E-state index contributed by atoms with van der Waals surface area (Å²) in [5.74, 6) is -1.92. The highest BCUT2D eigenvalue weighted by molar-refractivity contribution is 5.74. The van der Waals surface area contributed by atoms with Gasteiger partial charge >= 0.3 is 0 Å². The Morgan fingerprint density at radius 3 is 1.56 bits per heavy atom. The van der Waals surface area contributed by atoms with Crippen LogP contribution in [-0.2, 0) is 57.0 Å². The molecule has 5 saturated heterocycles. The number of nitrogens with one attached hydrogen (secondary N) is 3. The van der Waals surface area contributed by atoms with Crippen molar-refractivity contribution in [1.29, 1.82) is 0 Å². The molecule has 0 aromatic rings. The maximum absolute atomic E-state index is 12.3. The Morgan fingerprint density at radius 1 is 0.515 bits per heavy atom. The number of aliphatic hydroxyl groups excluding tert-OH is 13. The fourth-order valence-corrected chi connectivity index (χ4v) is 8.65. The molecule has 5 aliphatic rings. The molecule has 0 aromatic carbocycles. The maximum atomic E-state index is 12.3. The molecule has 0 bridgehead atoms. The molecule has 16 N–H and O–H groups in total. The quantitative estimate of drug-likeness (QED) is 0.0643. The van der Waals surface area contributed by atoms with E-state index in [1.165, 1.54) is 13.8 Å². The lowest BCUT2D eigenvalue weighted by atomic mass is 9.89. The molecule has 5 heterocycles. The molecule has 24 atom stereocenters. The predicted molar refractivity (Wildman–Crippen MR) is 209 cm³/mol. The van der Waals surface area contributed by atoms with Gasteiger partial charge in [0.05, 0.1) is 57.9 Å². The molecule has 28 nitrogen and oxygen atoms in total. The van der Waals surface area contributed by atoms with Crippen LogP contribution in [0.25, 0.3) is 0 Å². The number of carbonyl (C=O) groups excluding carboxylic acids is 3. The van der Waals surface area contributed by atoms with Crippen molar-refractivity contribution < 1.29 is 123 Å². The second-order valence-corrected chi connectivity index (χ2v) is 17.1. The number of amides is 3. The number of hydrogen-bond acceptors (Lipinski definition) is 25. The molecule has 0 saturated carbocycles. The minimum absolute atomic E-state index is 0.495. The van der Waals surface area contributed by atoms with E-state index in [2.05, 4.69) is 16.0 Å². The number of ether oxygens (including phenoxy) is 9. The first-order valence-electron chi connectivity index (χ1n) is 21.3. The van der Waals surface area contributed by atoms with E-state index < -0.39 is 210 Å². The lowest BCUT2D eigenvalue weighted by Gasteiger charge is -2.50. The van der Waals surface area contributed by atoms with E-state index in [4.69, 9.17) is 42.6 Å². The van der Waals surface area contributed by atoms with Crippen LogP contribution in [0, 0.1) is 0 Å². The Balaban J connectivity index is 1.39. The van der Waals surface area contributed by atoms with E-state index in [0.29, 0.717) is 0 Å². The van der Waals surface area contributed by atoms with E-state index in [0.717, 1.165) is 13.8 Å². The fourth-order valence-electron chi connectivity index (χ4n) is 8.65. The number of rotatable bonds is 17. The molecular formula is C38H65N3O25. The third-order valence-electron chi connectivity index (χ3n) is 12.1. The zero-order valence-electron chi connectivity index (χ0n) is 36.4. The average Bonchev–Trinajstić information content (AvgIpc) is 3.27. The highest BCUT2D eigenvalue weighted by Crippen LogP contribution is 2.37. The SMILES string of the molecule is CC(=O)NC1C(O)CC(CO)(CO[C@@H]2OC(CO)[C@@H](O)C(O[C@H]3OC(CO)[C@@H](O)C(O)C3O[C@@H]3OC(CO)[C@@H](O)C(O)C3NC(C)=O)C2O)O[C@H]1O[C@@H]1C(CO)O[C@@H](C)C(NC(C)=O)C1O. The monoisotopic (exact) mass is 963 g/mol. The van der Waals surface area contributed by atoms with Crippen molar-refractivity contribution in [2.45, 2.75) is 181 Å². The summed E-state index contributed by atoms with van der Waals surface area (Å²) in [7, 11) is 0. The van der Waals surface area contributed by atoms with Crippen molar-refractivity contribution in [1.82, 2.24) is 16.0 Å². The third kappa shape index (κ3) is 12.1. The molecule has 0 aromatic heterocycles. The number of aliphatic hydroxyl groups is 13. The van der Waals surface area contributed by atoms with Crippen molar-refractivity contribution in [3.63, 3.8) is 0 Å². The van der Waals surface area contributed by atoms with Gasteiger partial charge in [0, 0.05) is 27.2 Å². The van der Waals surface area contributed by atoms with Gasteiger partial charge in [-0.05, 0) is 6.92 Å². The third-order valence-corrected chi connectivity index (χ3v) is 12.1. The molecule has 5 rings (SSSR count). The van der Waals surface area contributed by atoms with Gasteiger partial charge in [-0.2, -0.15) is 0 Å². The molecular weight excluding hydrogens is 898 g/mol. The molecule has 0 aliphatic carbocycles. The van der Waals surface area contributed by atoms with E-state index in [9.17, 15) is 80.8 Å². The molecule has 5 fully saturated rings. The van der Waals surface area contributed by atoms with Crippen molar-refractivity contribution in [2.75, 3.05) is 39.6 Å².